The number of ether oxygens (including phenoxy) is 4. The molecule has 0 spiro atoms. The van der Waals surface area contributed by atoms with E-state index in [2.05, 4.69) is 0 Å². The van der Waals surface area contributed by atoms with Crippen molar-refractivity contribution in [1.29, 1.82) is 0 Å². The van der Waals surface area contributed by atoms with Crippen molar-refractivity contribution in [2.24, 2.45) is 5.73 Å². The maximum atomic E-state index is 5.75. The van der Waals surface area contributed by atoms with Crippen LogP contribution in [-0.4, -0.2) is 26.9 Å². The summed E-state index contributed by atoms with van der Waals surface area (Å²) in [6.07, 6.45) is 0. The topological polar surface area (TPSA) is 62.9 Å². The summed E-state index contributed by atoms with van der Waals surface area (Å²) >= 11 is 0. The molecule has 0 heterocycles. The van der Waals surface area contributed by atoms with Crippen LogP contribution in [0.2, 0.25) is 0 Å². The second-order valence-corrected chi connectivity index (χ2v) is 4.77. The lowest BCUT2D eigenvalue weighted by atomic mass is 10.2. The molecule has 0 fully saturated rings. The Morgan fingerprint density at radius 1 is 0.826 bits per heavy atom. The van der Waals surface area contributed by atoms with Gasteiger partial charge in [-0.3, -0.25) is 0 Å². The predicted molar refractivity (Wildman–Crippen MR) is 89.5 cm³/mol. The minimum Gasteiger partial charge on any atom is -0.493 e. The van der Waals surface area contributed by atoms with Crippen molar-refractivity contribution in [1.82, 2.24) is 0 Å². The van der Waals surface area contributed by atoms with Gasteiger partial charge in [-0.05, 0) is 36.8 Å². The van der Waals surface area contributed by atoms with E-state index < -0.39 is 0 Å². The first-order valence-electron chi connectivity index (χ1n) is 7.63. The van der Waals surface area contributed by atoms with Gasteiger partial charge in [-0.25, -0.2) is 0 Å². The summed E-state index contributed by atoms with van der Waals surface area (Å²) in [5.74, 6) is 2.79. The van der Waals surface area contributed by atoms with Crippen LogP contribution in [0.15, 0.2) is 42.5 Å². The Morgan fingerprint density at radius 3 is 2.09 bits per heavy atom. The van der Waals surface area contributed by atoms with Crippen molar-refractivity contribution in [3.63, 3.8) is 0 Å². The average Bonchev–Trinajstić information content (AvgIpc) is 2.60. The highest BCUT2D eigenvalue weighted by Gasteiger charge is 2.07. The van der Waals surface area contributed by atoms with Gasteiger partial charge in [-0.15, -0.1) is 0 Å². The second kappa shape index (κ2) is 8.90. The molecule has 2 N–H and O–H groups in total. The summed E-state index contributed by atoms with van der Waals surface area (Å²) in [4.78, 5) is 0. The molecule has 0 bridgehead atoms. The Hall–Kier alpha value is -2.40. The van der Waals surface area contributed by atoms with Crippen LogP contribution in [-0.2, 0) is 6.54 Å². The monoisotopic (exact) mass is 317 g/mol. The fraction of sp³-hybridized carbons (Fsp3) is 0.333. The van der Waals surface area contributed by atoms with Crippen LogP contribution in [0, 0.1) is 0 Å². The quantitative estimate of drug-likeness (QED) is 0.720. The molecule has 23 heavy (non-hydrogen) atoms. The summed E-state index contributed by atoms with van der Waals surface area (Å²) in [7, 11) is 1.62. The van der Waals surface area contributed by atoms with E-state index in [0.717, 1.165) is 5.56 Å². The van der Waals surface area contributed by atoms with Crippen LogP contribution in [0.3, 0.4) is 0 Å². The zero-order valence-electron chi connectivity index (χ0n) is 13.6. The predicted octanol–water partition coefficient (Wildman–Crippen LogP) is 3.01. The lowest BCUT2D eigenvalue weighted by molar-refractivity contribution is 0.203. The van der Waals surface area contributed by atoms with E-state index >= 15 is 0 Å². The third kappa shape index (κ3) is 4.79. The number of hydrogen-bond donors (Lipinski definition) is 1. The number of methoxy groups -OCH3 is 1. The molecule has 0 aliphatic carbocycles. The Balaban J connectivity index is 1.91. The molecule has 124 valence electrons. The number of nitrogens with two attached hydrogens (primary N) is 1. The van der Waals surface area contributed by atoms with Gasteiger partial charge < -0.3 is 24.7 Å². The molecule has 2 aromatic rings. The fourth-order valence-electron chi connectivity index (χ4n) is 2.11. The van der Waals surface area contributed by atoms with Crippen molar-refractivity contribution in [3.05, 3.63) is 48.0 Å². The zero-order chi connectivity index (χ0) is 16.5. The van der Waals surface area contributed by atoms with E-state index in [4.69, 9.17) is 24.7 Å². The fourth-order valence-corrected chi connectivity index (χ4v) is 2.11. The van der Waals surface area contributed by atoms with Crippen LogP contribution in [0.1, 0.15) is 12.5 Å². The first-order chi connectivity index (χ1) is 11.3. The van der Waals surface area contributed by atoms with Crippen molar-refractivity contribution in [2.75, 3.05) is 26.9 Å². The van der Waals surface area contributed by atoms with Crippen LogP contribution in [0.25, 0.3) is 0 Å². The summed E-state index contributed by atoms with van der Waals surface area (Å²) in [6, 6.07) is 13.2. The minimum atomic E-state index is 0.403. The van der Waals surface area contributed by atoms with E-state index in [1.54, 1.807) is 7.11 Å². The van der Waals surface area contributed by atoms with Gasteiger partial charge in [0.05, 0.1) is 13.7 Å². The Bertz CT molecular complexity index is 616. The van der Waals surface area contributed by atoms with E-state index in [1.165, 1.54) is 0 Å². The molecule has 0 amide bonds. The number of benzene rings is 2. The molecule has 0 saturated carbocycles. The van der Waals surface area contributed by atoms with Crippen LogP contribution in [0.5, 0.6) is 23.0 Å². The molecule has 2 rings (SSSR count). The van der Waals surface area contributed by atoms with Crippen molar-refractivity contribution in [3.8, 4) is 23.0 Å². The van der Waals surface area contributed by atoms with E-state index in [0.29, 0.717) is 49.4 Å². The highest BCUT2D eigenvalue weighted by atomic mass is 16.5. The normalized spacial score (nSPS) is 10.2. The van der Waals surface area contributed by atoms with E-state index in [1.807, 2.05) is 49.4 Å². The standard InChI is InChI=1S/C18H23NO4/c1-3-21-18-12-14(13-19)8-9-17(18)23-11-10-22-16-7-5-4-6-15(16)20-2/h4-9,12H,3,10-11,13,19H2,1-2H3. The molecule has 0 unspecified atom stereocenters. The Labute approximate surface area is 136 Å². The molecule has 5 heteroatoms. The van der Waals surface area contributed by atoms with Gasteiger partial charge in [0.1, 0.15) is 13.2 Å². The second-order valence-electron chi connectivity index (χ2n) is 4.77. The summed E-state index contributed by atoms with van der Waals surface area (Å²) in [6.45, 7) is 3.79. The highest BCUT2D eigenvalue weighted by Crippen LogP contribution is 2.29. The van der Waals surface area contributed by atoms with E-state index in [-0.39, 0.29) is 0 Å². The molecule has 0 aliphatic rings. The van der Waals surface area contributed by atoms with Crippen LogP contribution >= 0.6 is 0 Å². The molecule has 0 aliphatic heterocycles. The van der Waals surface area contributed by atoms with Gasteiger partial charge in [0.25, 0.3) is 0 Å². The average molecular weight is 317 g/mol. The third-order valence-electron chi connectivity index (χ3n) is 3.21. The van der Waals surface area contributed by atoms with Gasteiger partial charge in [0, 0.05) is 6.54 Å². The Kier molecular flexibility index (Phi) is 6.56. The first-order valence-corrected chi connectivity index (χ1v) is 7.63. The Morgan fingerprint density at radius 2 is 1.48 bits per heavy atom. The lowest BCUT2D eigenvalue weighted by Crippen LogP contribution is -2.10. The van der Waals surface area contributed by atoms with Crippen LogP contribution in [0.4, 0.5) is 0 Å². The van der Waals surface area contributed by atoms with Gasteiger partial charge >= 0.3 is 0 Å². The van der Waals surface area contributed by atoms with Gasteiger partial charge in [-0.2, -0.15) is 0 Å². The van der Waals surface area contributed by atoms with Crippen molar-refractivity contribution in [2.45, 2.75) is 13.5 Å². The molecular formula is C18H23NO4. The molecule has 0 radical (unpaired) electrons. The number of hydrogen-bond acceptors (Lipinski definition) is 5. The van der Waals surface area contributed by atoms with Crippen molar-refractivity contribution >= 4 is 0 Å². The van der Waals surface area contributed by atoms with Crippen molar-refractivity contribution < 1.29 is 18.9 Å². The summed E-state index contributed by atoms with van der Waals surface area (Å²) in [5.41, 5.74) is 6.66. The van der Waals surface area contributed by atoms with Gasteiger partial charge in [0.2, 0.25) is 0 Å². The zero-order valence-corrected chi connectivity index (χ0v) is 13.6. The smallest absolute Gasteiger partial charge is 0.161 e. The van der Waals surface area contributed by atoms with E-state index in [9.17, 15) is 0 Å². The summed E-state index contributed by atoms with van der Waals surface area (Å²) in [5, 5.41) is 0. The maximum Gasteiger partial charge on any atom is 0.161 e. The highest BCUT2D eigenvalue weighted by molar-refractivity contribution is 5.43. The molecule has 2 aromatic carbocycles. The van der Waals surface area contributed by atoms with Gasteiger partial charge in [-0.1, -0.05) is 18.2 Å². The molecular weight excluding hydrogens is 294 g/mol. The number of para-hydroxylation sites is 2. The molecule has 0 saturated heterocycles. The van der Waals surface area contributed by atoms with Gasteiger partial charge in [0.15, 0.2) is 23.0 Å². The maximum absolute atomic E-state index is 5.75. The largest absolute Gasteiger partial charge is 0.493 e. The molecule has 0 aromatic heterocycles. The minimum absolute atomic E-state index is 0.403. The SMILES string of the molecule is CCOc1cc(CN)ccc1OCCOc1ccccc1OC. The lowest BCUT2D eigenvalue weighted by Gasteiger charge is -2.14. The first kappa shape index (κ1) is 17.0. The molecule has 0 atom stereocenters. The molecule has 5 nitrogen and oxygen atoms in total. The third-order valence-corrected chi connectivity index (χ3v) is 3.21. The summed E-state index contributed by atoms with van der Waals surface area (Å²) < 4.78 is 22.3. The van der Waals surface area contributed by atoms with Crippen LogP contribution < -0.4 is 24.7 Å². The number of rotatable bonds is 9.